The van der Waals surface area contributed by atoms with E-state index < -0.39 is 0 Å². The van der Waals surface area contributed by atoms with Crippen LogP contribution in [0.5, 0.6) is 17.2 Å². The first-order valence-corrected chi connectivity index (χ1v) is 8.46. The van der Waals surface area contributed by atoms with Gasteiger partial charge in [0.2, 0.25) is 6.79 Å². The fourth-order valence-corrected chi connectivity index (χ4v) is 3.21. The van der Waals surface area contributed by atoms with Gasteiger partial charge in [-0.25, -0.2) is 0 Å². The van der Waals surface area contributed by atoms with E-state index in [1.54, 1.807) is 49.6 Å². The van der Waals surface area contributed by atoms with Crippen molar-refractivity contribution in [1.29, 1.82) is 0 Å². The zero-order chi connectivity index (χ0) is 18.3. The van der Waals surface area contributed by atoms with Gasteiger partial charge in [0.1, 0.15) is 11.4 Å². The van der Waals surface area contributed by atoms with Crippen molar-refractivity contribution in [2.24, 2.45) is 0 Å². The minimum Gasteiger partial charge on any atom is -0.497 e. The summed E-state index contributed by atoms with van der Waals surface area (Å²) in [7, 11) is 1.58. The highest BCUT2D eigenvalue weighted by Crippen LogP contribution is 2.37. The summed E-state index contributed by atoms with van der Waals surface area (Å²) in [6.45, 7) is 0.151. The van der Waals surface area contributed by atoms with Crippen molar-refractivity contribution in [3.8, 4) is 17.2 Å². The summed E-state index contributed by atoms with van der Waals surface area (Å²) in [4.78, 5) is 14.2. The Morgan fingerprint density at radius 2 is 1.92 bits per heavy atom. The Morgan fingerprint density at radius 1 is 1.23 bits per heavy atom. The number of nitrogens with zero attached hydrogens (tertiary/aromatic N) is 1. The Bertz CT molecular complexity index is 943. The Hall–Kier alpha value is -2.77. The first-order chi connectivity index (χ1) is 12.6. The van der Waals surface area contributed by atoms with Crippen LogP contribution in [0, 0.1) is 0 Å². The molecule has 2 aromatic rings. The highest BCUT2D eigenvalue weighted by Gasteiger charge is 2.32. The molecule has 1 amide bonds. The quantitative estimate of drug-likeness (QED) is 0.643. The molecule has 6 nitrogen and oxygen atoms in total. The molecule has 0 bridgehead atoms. The average molecular weight is 389 g/mol. The summed E-state index contributed by atoms with van der Waals surface area (Å²) in [6, 6.07) is 10.5. The lowest BCUT2D eigenvalue weighted by atomic mass is 10.1. The predicted octanol–water partition coefficient (Wildman–Crippen LogP) is 3.34. The minimum absolute atomic E-state index is 0.151. The van der Waals surface area contributed by atoms with Crippen LogP contribution in [0.15, 0.2) is 42.1 Å². The lowest BCUT2D eigenvalue weighted by Gasteiger charge is -2.14. The van der Waals surface area contributed by atoms with E-state index in [1.165, 1.54) is 4.90 Å². The van der Waals surface area contributed by atoms with Gasteiger partial charge in [0, 0.05) is 6.07 Å². The summed E-state index contributed by atoms with van der Waals surface area (Å²) < 4.78 is 15.8. The summed E-state index contributed by atoms with van der Waals surface area (Å²) in [5.74, 6) is 1.59. The number of fused-ring (bicyclic) bond motifs is 1. The Kier molecular flexibility index (Phi) is 4.18. The van der Waals surface area contributed by atoms with Gasteiger partial charge in [-0.3, -0.25) is 9.69 Å². The van der Waals surface area contributed by atoms with Crippen molar-refractivity contribution in [3.63, 3.8) is 0 Å². The number of halogens is 1. The zero-order valence-electron chi connectivity index (χ0n) is 13.6. The number of rotatable bonds is 3. The van der Waals surface area contributed by atoms with Crippen molar-refractivity contribution in [1.82, 2.24) is 5.32 Å². The van der Waals surface area contributed by atoms with Crippen LogP contribution in [-0.4, -0.2) is 24.9 Å². The molecule has 2 aliphatic rings. The molecule has 1 N–H and O–H groups in total. The van der Waals surface area contributed by atoms with E-state index in [-0.39, 0.29) is 12.7 Å². The van der Waals surface area contributed by atoms with Crippen LogP contribution < -0.4 is 24.4 Å². The molecule has 4 rings (SSSR count). The number of benzene rings is 2. The van der Waals surface area contributed by atoms with Gasteiger partial charge in [-0.2, -0.15) is 0 Å². The maximum Gasteiger partial charge on any atom is 0.281 e. The third-order valence-electron chi connectivity index (χ3n) is 4.00. The molecular weight excluding hydrogens is 376 g/mol. The Morgan fingerprint density at radius 3 is 2.62 bits per heavy atom. The molecule has 1 saturated heterocycles. The number of ether oxygens (including phenoxy) is 3. The van der Waals surface area contributed by atoms with Crippen LogP contribution in [0.2, 0.25) is 5.02 Å². The van der Waals surface area contributed by atoms with Gasteiger partial charge in [-0.05, 0) is 54.2 Å². The van der Waals surface area contributed by atoms with Gasteiger partial charge in [-0.15, -0.1) is 0 Å². The first-order valence-electron chi connectivity index (χ1n) is 7.67. The molecule has 2 heterocycles. The van der Waals surface area contributed by atoms with Crippen molar-refractivity contribution >= 4 is 46.6 Å². The molecule has 0 atom stereocenters. The van der Waals surface area contributed by atoms with Gasteiger partial charge in [0.15, 0.2) is 16.6 Å². The fourth-order valence-electron chi connectivity index (χ4n) is 2.70. The van der Waals surface area contributed by atoms with Crippen molar-refractivity contribution < 1.29 is 19.0 Å². The molecule has 8 heteroatoms. The van der Waals surface area contributed by atoms with Crippen molar-refractivity contribution in [2.75, 3.05) is 18.8 Å². The number of hydrogen-bond acceptors (Lipinski definition) is 5. The SMILES string of the molecule is COc1ccc(N2C(=O)/C(=C/c3cc4c(cc3Cl)OCO4)NC2=S)cc1. The van der Waals surface area contributed by atoms with E-state index in [2.05, 4.69) is 5.32 Å². The van der Waals surface area contributed by atoms with Crippen LogP contribution in [-0.2, 0) is 4.79 Å². The predicted molar refractivity (Wildman–Crippen MR) is 102 cm³/mol. The van der Waals surface area contributed by atoms with E-state index in [0.29, 0.717) is 44.3 Å². The molecule has 1 fully saturated rings. The van der Waals surface area contributed by atoms with Crippen molar-refractivity contribution in [3.05, 3.63) is 52.7 Å². The second-order valence-corrected chi connectivity index (χ2v) is 6.35. The maximum absolute atomic E-state index is 12.8. The highest BCUT2D eigenvalue weighted by atomic mass is 35.5. The van der Waals surface area contributed by atoms with E-state index in [0.717, 1.165) is 0 Å². The molecule has 26 heavy (non-hydrogen) atoms. The van der Waals surface area contributed by atoms with Crippen LogP contribution in [0.25, 0.3) is 6.08 Å². The molecule has 2 aromatic carbocycles. The normalized spacial score (nSPS) is 17.0. The molecule has 0 radical (unpaired) electrons. The van der Waals surface area contributed by atoms with Gasteiger partial charge < -0.3 is 19.5 Å². The number of amides is 1. The van der Waals surface area contributed by atoms with Crippen LogP contribution in [0.4, 0.5) is 5.69 Å². The molecule has 0 spiro atoms. The van der Waals surface area contributed by atoms with Crippen LogP contribution in [0.3, 0.4) is 0 Å². The van der Waals surface area contributed by atoms with Crippen LogP contribution >= 0.6 is 23.8 Å². The Labute approximate surface area is 159 Å². The van der Waals surface area contributed by atoms with E-state index >= 15 is 0 Å². The van der Waals surface area contributed by atoms with Crippen molar-refractivity contribution in [2.45, 2.75) is 0 Å². The summed E-state index contributed by atoms with van der Waals surface area (Å²) in [5.41, 5.74) is 1.60. The first kappa shape index (κ1) is 16.7. The average Bonchev–Trinajstić information content (AvgIpc) is 3.19. The topological polar surface area (TPSA) is 60.0 Å². The number of anilines is 1. The number of nitrogens with one attached hydrogen (secondary N) is 1. The molecule has 0 saturated carbocycles. The number of carbonyl (C=O) groups is 1. The lowest BCUT2D eigenvalue weighted by Crippen LogP contribution is -2.30. The summed E-state index contributed by atoms with van der Waals surface area (Å²) >= 11 is 11.6. The van der Waals surface area contributed by atoms with Gasteiger partial charge in [0.05, 0.1) is 17.8 Å². The maximum atomic E-state index is 12.8. The van der Waals surface area contributed by atoms with Crippen LogP contribution in [0.1, 0.15) is 5.56 Å². The van der Waals surface area contributed by atoms with E-state index in [1.807, 2.05) is 0 Å². The second-order valence-electron chi connectivity index (χ2n) is 5.55. The largest absolute Gasteiger partial charge is 0.497 e. The van der Waals surface area contributed by atoms with E-state index in [9.17, 15) is 4.79 Å². The molecular formula is C18H13ClN2O4S. The summed E-state index contributed by atoms with van der Waals surface area (Å²) in [6.07, 6.45) is 1.64. The monoisotopic (exact) mass is 388 g/mol. The standard InChI is InChI=1S/C18H13ClN2O4S/c1-23-12-4-2-11(3-5-12)21-17(22)14(20-18(21)26)6-10-7-15-16(8-13(10)19)25-9-24-15/h2-8H,9H2,1H3,(H,20,26)/b14-6-. The number of hydrogen-bond donors (Lipinski definition) is 1. The minimum atomic E-state index is -0.270. The van der Waals surface area contributed by atoms with Gasteiger partial charge in [-0.1, -0.05) is 11.6 Å². The third-order valence-corrected chi connectivity index (χ3v) is 4.61. The molecule has 2 aliphatic heterocycles. The molecule has 0 aromatic heterocycles. The zero-order valence-corrected chi connectivity index (χ0v) is 15.2. The molecule has 0 unspecified atom stereocenters. The fraction of sp³-hybridized carbons (Fsp3) is 0.111. The van der Waals surface area contributed by atoms with Gasteiger partial charge >= 0.3 is 0 Å². The van der Waals surface area contributed by atoms with E-state index in [4.69, 9.17) is 38.0 Å². The van der Waals surface area contributed by atoms with Gasteiger partial charge in [0.25, 0.3) is 5.91 Å². The smallest absolute Gasteiger partial charge is 0.281 e. The summed E-state index contributed by atoms with van der Waals surface area (Å²) in [5, 5.41) is 3.68. The Balaban J connectivity index is 1.65. The number of thiocarbonyl (C=S) groups is 1. The number of methoxy groups -OCH3 is 1. The molecule has 132 valence electrons. The third kappa shape index (κ3) is 2.85. The highest BCUT2D eigenvalue weighted by molar-refractivity contribution is 7.80. The number of carbonyl (C=O) groups excluding carboxylic acids is 1. The molecule has 0 aliphatic carbocycles. The lowest BCUT2D eigenvalue weighted by molar-refractivity contribution is -0.113. The second kappa shape index (κ2) is 6.51.